The van der Waals surface area contributed by atoms with Crippen molar-refractivity contribution in [3.63, 3.8) is 0 Å². The van der Waals surface area contributed by atoms with Gasteiger partial charge in [-0.05, 0) is 49.1 Å². The number of oxime groups is 1. The van der Waals surface area contributed by atoms with Crippen molar-refractivity contribution < 1.29 is 18.9 Å². The van der Waals surface area contributed by atoms with Crippen molar-refractivity contribution in [3.05, 3.63) is 0 Å². The monoisotopic (exact) mass is 428 g/mol. The third kappa shape index (κ3) is 4.25. The maximum absolute atomic E-state index is 12.6. The lowest BCUT2D eigenvalue weighted by molar-refractivity contribution is -0.142. The number of β-lactam (4-membered cyclic amide) rings is 1. The number of carbonyl (C=O) groups is 1. The quantitative estimate of drug-likeness (QED) is 0.301. The van der Waals surface area contributed by atoms with Gasteiger partial charge in [-0.3, -0.25) is 4.79 Å². The molecule has 2 fully saturated rings. The summed E-state index contributed by atoms with van der Waals surface area (Å²) in [5.74, 6) is -0.181. The number of hydrogen-bond acceptors (Lipinski definition) is 5. The van der Waals surface area contributed by atoms with E-state index in [1.165, 1.54) is 0 Å². The molecule has 2 saturated heterocycles. The molecule has 0 aromatic rings. The molecule has 0 spiro atoms. The lowest BCUT2D eigenvalue weighted by Gasteiger charge is -2.54. The van der Waals surface area contributed by atoms with Crippen molar-refractivity contribution in [2.45, 2.75) is 109 Å². The highest BCUT2D eigenvalue weighted by atomic mass is 28.4. The molecule has 2 aliphatic heterocycles. The Morgan fingerprint density at radius 2 is 1.57 bits per heavy atom. The minimum atomic E-state index is -1.98. The van der Waals surface area contributed by atoms with E-state index in [4.69, 9.17) is 8.85 Å². The van der Waals surface area contributed by atoms with Gasteiger partial charge in [-0.1, -0.05) is 46.7 Å². The van der Waals surface area contributed by atoms with Gasteiger partial charge in [0.15, 0.2) is 22.3 Å². The Morgan fingerprint density at radius 3 is 2.04 bits per heavy atom. The molecule has 0 radical (unpaired) electrons. The van der Waals surface area contributed by atoms with Crippen molar-refractivity contribution in [1.29, 1.82) is 0 Å². The van der Waals surface area contributed by atoms with E-state index in [2.05, 4.69) is 72.9 Å². The van der Waals surface area contributed by atoms with E-state index in [0.29, 0.717) is 6.61 Å². The molecule has 2 heterocycles. The van der Waals surface area contributed by atoms with Crippen LogP contribution in [0, 0.1) is 0 Å². The van der Waals surface area contributed by atoms with Crippen molar-refractivity contribution in [2.24, 2.45) is 5.16 Å². The molecule has 0 bridgehead atoms. The molecule has 0 aromatic carbocycles. The second-order valence-corrected chi connectivity index (χ2v) is 20.9. The van der Waals surface area contributed by atoms with Crippen molar-refractivity contribution in [1.82, 2.24) is 4.90 Å². The third-order valence-corrected chi connectivity index (χ3v) is 16.4. The van der Waals surface area contributed by atoms with Gasteiger partial charge in [0.2, 0.25) is 0 Å². The summed E-state index contributed by atoms with van der Waals surface area (Å²) in [5.41, 5.74) is 0.281. The van der Waals surface area contributed by atoms with Crippen LogP contribution in [0.25, 0.3) is 0 Å². The van der Waals surface area contributed by atoms with Gasteiger partial charge in [0.05, 0.1) is 24.8 Å². The molecule has 0 aliphatic carbocycles. The molecule has 1 amide bonds. The number of amides is 1. The summed E-state index contributed by atoms with van der Waals surface area (Å²) in [6, 6.07) is -0.232. The summed E-state index contributed by atoms with van der Waals surface area (Å²) in [6.45, 7) is 22.8. The maximum atomic E-state index is 12.6. The number of fused-ring (bicyclic) bond motifs is 1. The van der Waals surface area contributed by atoms with Crippen LogP contribution in [-0.4, -0.2) is 63.2 Å². The zero-order valence-electron chi connectivity index (χ0n) is 19.4. The van der Waals surface area contributed by atoms with Gasteiger partial charge >= 0.3 is 0 Å². The van der Waals surface area contributed by atoms with Gasteiger partial charge < -0.3 is 19.0 Å². The Bertz CT molecular complexity index is 635. The van der Waals surface area contributed by atoms with Crippen molar-refractivity contribution >= 4 is 28.3 Å². The van der Waals surface area contributed by atoms with Gasteiger partial charge in [-0.25, -0.2) is 0 Å². The smallest absolute Gasteiger partial charge is 0.274 e. The highest BCUT2D eigenvalue weighted by Gasteiger charge is 2.55. The second kappa shape index (κ2) is 7.52. The molecule has 8 heteroatoms. The van der Waals surface area contributed by atoms with Crippen LogP contribution in [0.4, 0.5) is 0 Å². The Morgan fingerprint density at radius 1 is 1.04 bits per heavy atom. The van der Waals surface area contributed by atoms with Gasteiger partial charge in [0, 0.05) is 0 Å². The molecule has 6 nitrogen and oxygen atoms in total. The van der Waals surface area contributed by atoms with E-state index in [9.17, 15) is 10.0 Å². The Hall–Kier alpha value is -0.706. The van der Waals surface area contributed by atoms with Crippen LogP contribution in [0.15, 0.2) is 5.16 Å². The summed E-state index contributed by atoms with van der Waals surface area (Å²) < 4.78 is 13.3. The number of hydrogen-bond donors (Lipinski definition) is 1. The lowest BCUT2D eigenvalue weighted by atomic mass is 9.83. The largest absolute Gasteiger partial charge is 0.415 e. The molecule has 162 valence electrons. The summed E-state index contributed by atoms with van der Waals surface area (Å²) in [7, 11) is -3.93. The number of carbonyl (C=O) groups excluding carboxylic acids is 1. The fourth-order valence-electron chi connectivity index (χ4n) is 3.33. The fourth-order valence-corrected chi connectivity index (χ4v) is 5.74. The van der Waals surface area contributed by atoms with Crippen LogP contribution >= 0.6 is 0 Å². The van der Waals surface area contributed by atoms with E-state index in [1.54, 1.807) is 0 Å². The fraction of sp³-hybridized carbons (Fsp3) is 0.900. The predicted octanol–water partition coefficient (Wildman–Crippen LogP) is 4.60. The third-order valence-electron chi connectivity index (χ3n) is 7.40. The van der Waals surface area contributed by atoms with E-state index < -0.39 is 16.6 Å². The zero-order chi connectivity index (χ0) is 21.7. The molecular weight excluding hydrogens is 388 g/mol. The van der Waals surface area contributed by atoms with Gasteiger partial charge in [-0.2, -0.15) is 0 Å². The number of rotatable bonds is 5. The van der Waals surface area contributed by atoms with Crippen LogP contribution in [0.2, 0.25) is 36.3 Å². The normalized spacial score (nSPS) is 28.4. The predicted molar refractivity (Wildman–Crippen MR) is 118 cm³/mol. The summed E-state index contributed by atoms with van der Waals surface area (Å²) in [5, 5.41) is 12.6. The van der Waals surface area contributed by atoms with Gasteiger partial charge in [0.1, 0.15) is 0 Å². The highest BCUT2D eigenvalue weighted by molar-refractivity contribution is 6.74. The Kier molecular flexibility index (Phi) is 6.33. The summed E-state index contributed by atoms with van der Waals surface area (Å²) >= 11 is 0. The summed E-state index contributed by atoms with van der Waals surface area (Å²) in [6.07, 6.45) is 1.60. The minimum absolute atomic E-state index is 0.0360. The van der Waals surface area contributed by atoms with E-state index >= 15 is 0 Å². The van der Waals surface area contributed by atoms with Crippen LogP contribution in [0.1, 0.15) is 54.4 Å². The van der Waals surface area contributed by atoms with Crippen LogP contribution < -0.4 is 0 Å². The number of nitrogens with zero attached hydrogens (tertiary/aromatic N) is 2. The molecular formula is C20H40N2O4Si2. The Balaban J connectivity index is 2.25. The van der Waals surface area contributed by atoms with E-state index in [-0.39, 0.29) is 39.9 Å². The lowest BCUT2D eigenvalue weighted by Crippen LogP contribution is -2.72. The number of piperidine rings is 1. The first-order chi connectivity index (χ1) is 12.5. The first-order valence-electron chi connectivity index (χ1n) is 10.4. The topological polar surface area (TPSA) is 71.4 Å². The standard InChI is InChI=1S/C20H40N2O4Si2/c1-19(2,3)27(7,8)25-13-15-16(26-28(9,10)20(4,5)6)12-11-14-17(21-24)18(23)22(14)15/h14-16,24H,11-13H2,1-10H3/b21-17+/t14-,15-,16-/m1/s1. The van der Waals surface area contributed by atoms with E-state index in [1.807, 2.05) is 4.90 Å². The van der Waals surface area contributed by atoms with Gasteiger partial charge in [0.25, 0.3) is 5.91 Å². The molecule has 2 aliphatic rings. The average molecular weight is 429 g/mol. The van der Waals surface area contributed by atoms with Crippen molar-refractivity contribution in [2.75, 3.05) is 6.61 Å². The second-order valence-electron chi connectivity index (χ2n) is 11.3. The van der Waals surface area contributed by atoms with E-state index in [0.717, 1.165) is 12.8 Å². The average Bonchev–Trinajstić information content (AvgIpc) is 2.51. The van der Waals surface area contributed by atoms with Crippen LogP contribution in [0.5, 0.6) is 0 Å². The molecule has 0 saturated carbocycles. The van der Waals surface area contributed by atoms with Crippen molar-refractivity contribution in [3.8, 4) is 0 Å². The zero-order valence-corrected chi connectivity index (χ0v) is 21.4. The SMILES string of the molecule is CC(C)(C)[Si](C)(C)OC[C@@H]1[C@H](O[Si](C)(C)C(C)(C)C)CC[C@@H]2/C(=N\O)C(=O)N21. The van der Waals surface area contributed by atoms with Crippen LogP contribution in [0.3, 0.4) is 0 Å². The minimum Gasteiger partial charge on any atom is -0.415 e. The molecule has 28 heavy (non-hydrogen) atoms. The molecule has 2 rings (SSSR count). The molecule has 0 unspecified atom stereocenters. The first kappa shape index (κ1) is 23.6. The van der Waals surface area contributed by atoms with Gasteiger partial charge in [-0.15, -0.1) is 0 Å². The summed E-state index contributed by atoms with van der Waals surface area (Å²) in [4.78, 5) is 14.5. The maximum Gasteiger partial charge on any atom is 0.274 e. The molecule has 0 aromatic heterocycles. The Labute approximate surface area is 172 Å². The molecule has 3 atom stereocenters. The first-order valence-corrected chi connectivity index (χ1v) is 16.2. The highest BCUT2D eigenvalue weighted by Crippen LogP contribution is 2.42. The van der Waals surface area contributed by atoms with Crippen LogP contribution in [-0.2, 0) is 13.6 Å². The molecule has 1 N–H and O–H groups in total.